The van der Waals surface area contributed by atoms with Crippen molar-refractivity contribution in [3.63, 3.8) is 0 Å². The van der Waals surface area contributed by atoms with Crippen molar-refractivity contribution in [2.45, 2.75) is 45.1 Å². The maximum atomic E-state index is 14.0. The lowest BCUT2D eigenvalue weighted by Crippen LogP contribution is -2.39. The molecule has 0 bridgehead atoms. The van der Waals surface area contributed by atoms with E-state index in [-0.39, 0.29) is 35.8 Å². The molecule has 0 saturated carbocycles. The van der Waals surface area contributed by atoms with Crippen LogP contribution in [0.15, 0.2) is 90.1 Å². The summed E-state index contributed by atoms with van der Waals surface area (Å²) in [6.07, 6.45) is 1.21. The Hall–Kier alpha value is -3.73. The summed E-state index contributed by atoms with van der Waals surface area (Å²) in [7, 11) is 0. The molecular weight excluding hydrogens is 439 g/mol. The van der Waals surface area contributed by atoms with Crippen molar-refractivity contribution in [3.05, 3.63) is 107 Å². The molecule has 0 saturated heterocycles. The minimum Gasteiger partial charge on any atom is -0.357 e. The zero-order chi connectivity index (χ0) is 24.5. The zero-order valence-corrected chi connectivity index (χ0v) is 20.0. The number of anilines is 2. The number of nitrogens with one attached hydrogen (secondary N) is 1. The van der Waals surface area contributed by atoms with Gasteiger partial charge in [0.05, 0.1) is 17.4 Å². The summed E-state index contributed by atoms with van der Waals surface area (Å²) < 4.78 is 14.0. The first-order valence-corrected chi connectivity index (χ1v) is 12.2. The van der Waals surface area contributed by atoms with E-state index in [0.717, 1.165) is 28.2 Å². The van der Waals surface area contributed by atoms with Crippen molar-refractivity contribution in [3.8, 4) is 0 Å². The molecule has 3 aromatic carbocycles. The van der Waals surface area contributed by atoms with Crippen LogP contribution in [0.4, 0.5) is 15.8 Å². The molecule has 35 heavy (non-hydrogen) atoms. The van der Waals surface area contributed by atoms with Crippen LogP contribution in [-0.4, -0.2) is 11.7 Å². The number of hydrogen-bond donors (Lipinski definition) is 1. The fraction of sp³-hybridized carbons (Fsp3) is 0.267. The third kappa shape index (κ3) is 4.51. The molecule has 1 amide bonds. The van der Waals surface area contributed by atoms with Crippen LogP contribution >= 0.6 is 0 Å². The van der Waals surface area contributed by atoms with Crippen LogP contribution in [0.1, 0.15) is 56.2 Å². The number of nitrogens with zero attached hydrogens (tertiary/aromatic N) is 1. The van der Waals surface area contributed by atoms with Gasteiger partial charge in [-0.2, -0.15) is 0 Å². The second-order valence-corrected chi connectivity index (χ2v) is 9.79. The van der Waals surface area contributed by atoms with E-state index >= 15 is 0 Å². The number of hydrogen-bond acceptors (Lipinski definition) is 3. The van der Waals surface area contributed by atoms with E-state index < -0.39 is 6.04 Å². The van der Waals surface area contributed by atoms with Gasteiger partial charge in [0.25, 0.3) is 0 Å². The number of benzene rings is 3. The van der Waals surface area contributed by atoms with Crippen LogP contribution in [0.2, 0.25) is 0 Å². The van der Waals surface area contributed by atoms with Crippen LogP contribution in [0.25, 0.3) is 0 Å². The number of carbonyl (C=O) groups is 2. The second-order valence-electron chi connectivity index (χ2n) is 9.79. The van der Waals surface area contributed by atoms with Gasteiger partial charge in [0.2, 0.25) is 5.91 Å². The third-order valence-corrected chi connectivity index (χ3v) is 6.78. The topological polar surface area (TPSA) is 49.4 Å². The average molecular weight is 469 g/mol. The molecule has 0 unspecified atom stereocenters. The second kappa shape index (κ2) is 9.49. The van der Waals surface area contributed by atoms with Gasteiger partial charge >= 0.3 is 0 Å². The summed E-state index contributed by atoms with van der Waals surface area (Å²) in [5.41, 5.74) is 4.69. The highest BCUT2D eigenvalue weighted by Crippen LogP contribution is 2.47. The van der Waals surface area contributed by atoms with Crippen LogP contribution in [0.5, 0.6) is 0 Å². The number of carbonyl (C=O) groups excluding carboxylic acids is 2. The highest BCUT2D eigenvalue weighted by molar-refractivity contribution is 6.06. The van der Waals surface area contributed by atoms with Gasteiger partial charge in [-0.15, -0.1) is 0 Å². The minimum absolute atomic E-state index is 0.0167. The molecule has 4 nitrogen and oxygen atoms in total. The molecule has 178 valence electrons. The van der Waals surface area contributed by atoms with Crippen molar-refractivity contribution in [1.29, 1.82) is 0 Å². The maximum absolute atomic E-state index is 14.0. The van der Waals surface area contributed by atoms with E-state index in [2.05, 4.69) is 5.32 Å². The fourth-order valence-corrected chi connectivity index (χ4v) is 5.26. The molecule has 0 fully saturated rings. The number of Topliss-reactive ketones (excluding diaryl/α,β-unsaturated/α-hetero) is 1. The van der Waals surface area contributed by atoms with Crippen LogP contribution < -0.4 is 10.2 Å². The van der Waals surface area contributed by atoms with Crippen LogP contribution in [-0.2, 0) is 9.59 Å². The number of amides is 1. The summed E-state index contributed by atoms with van der Waals surface area (Å²) in [6, 6.07) is 23.5. The van der Waals surface area contributed by atoms with Gasteiger partial charge in [0, 0.05) is 24.1 Å². The van der Waals surface area contributed by atoms with E-state index in [1.165, 1.54) is 12.1 Å². The summed E-state index contributed by atoms with van der Waals surface area (Å²) >= 11 is 0. The van der Waals surface area contributed by atoms with Crippen molar-refractivity contribution in [1.82, 2.24) is 0 Å². The van der Waals surface area contributed by atoms with Crippen LogP contribution in [0, 0.1) is 11.7 Å². The molecule has 0 spiro atoms. The number of ketones is 1. The Labute approximate surface area is 205 Å². The molecule has 5 rings (SSSR count). The monoisotopic (exact) mass is 468 g/mol. The van der Waals surface area contributed by atoms with Gasteiger partial charge in [-0.3, -0.25) is 14.5 Å². The molecule has 0 radical (unpaired) electrons. The first kappa shape index (κ1) is 23.0. The summed E-state index contributed by atoms with van der Waals surface area (Å²) in [5, 5.41) is 3.52. The van der Waals surface area contributed by atoms with Crippen molar-refractivity contribution < 1.29 is 14.0 Å². The zero-order valence-electron chi connectivity index (χ0n) is 20.0. The molecule has 2 atom stereocenters. The van der Waals surface area contributed by atoms with Crippen LogP contribution in [0.3, 0.4) is 0 Å². The van der Waals surface area contributed by atoms with E-state index in [4.69, 9.17) is 0 Å². The van der Waals surface area contributed by atoms with Gasteiger partial charge in [-0.05, 0) is 53.6 Å². The Balaban J connectivity index is 1.69. The highest BCUT2D eigenvalue weighted by Gasteiger charge is 2.41. The quantitative estimate of drug-likeness (QED) is 0.460. The summed E-state index contributed by atoms with van der Waals surface area (Å²) in [6.45, 7) is 4.05. The molecular formula is C30H29FN2O2. The number of rotatable bonds is 4. The first-order chi connectivity index (χ1) is 16.9. The van der Waals surface area contributed by atoms with E-state index in [9.17, 15) is 14.0 Å². The molecule has 1 heterocycles. The van der Waals surface area contributed by atoms with Gasteiger partial charge in [-0.25, -0.2) is 4.39 Å². The molecule has 5 heteroatoms. The first-order valence-electron chi connectivity index (χ1n) is 12.2. The Morgan fingerprint density at radius 1 is 0.971 bits per heavy atom. The number of fused-ring (bicyclic) bond motifs is 1. The maximum Gasteiger partial charge on any atom is 0.228 e. The lowest BCUT2D eigenvalue weighted by atomic mass is 9.78. The number of allylic oxidation sites excluding steroid dienone is 1. The Bertz CT molecular complexity index is 1300. The molecule has 1 aliphatic heterocycles. The molecule has 1 N–H and O–H groups in total. The summed E-state index contributed by atoms with van der Waals surface area (Å²) in [5.74, 6) is -0.295. The smallest absolute Gasteiger partial charge is 0.228 e. The van der Waals surface area contributed by atoms with Gasteiger partial charge < -0.3 is 5.32 Å². The predicted octanol–water partition coefficient (Wildman–Crippen LogP) is 6.77. The Morgan fingerprint density at radius 2 is 1.69 bits per heavy atom. The summed E-state index contributed by atoms with van der Waals surface area (Å²) in [4.78, 5) is 29.4. The molecule has 1 aliphatic carbocycles. The largest absolute Gasteiger partial charge is 0.357 e. The Kier molecular flexibility index (Phi) is 6.25. The predicted molar refractivity (Wildman–Crippen MR) is 137 cm³/mol. The van der Waals surface area contributed by atoms with E-state index in [1.807, 2.05) is 74.5 Å². The van der Waals surface area contributed by atoms with Gasteiger partial charge in [0.1, 0.15) is 5.82 Å². The highest BCUT2D eigenvalue weighted by atomic mass is 19.1. The van der Waals surface area contributed by atoms with Crippen molar-refractivity contribution >= 4 is 23.1 Å². The SMILES string of the molecule is CC(C)CC(=O)N1c2ccccc2NC2=C(C(=O)C[C@@H](c3cccc(F)c3)C2)[C@@H]1c1ccccc1. The molecule has 3 aromatic rings. The molecule has 0 aromatic heterocycles. The standard InChI is InChI=1S/C30H29FN2O2/c1-19(2)15-28(35)33-26-14-7-6-13-24(26)32-25-17-22(21-11-8-12-23(31)16-21)18-27(34)29(25)30(33)20-9-4-3-5-10-20/h3-14,16,19,22,30,32H,15,17-18H2,1-2H3/t22-,30-/m0/s1. The van der Waals surface area contributed by atoms with Gasteiger partial charge in [0.15, 0.2) is 5.78 Å². The van der Waals surface area contributed by atoms with E-state index in [0.29, 0.717) is 18.4 Å². The molecule has 2 aliphatic rings. The van der Waals surface area contributed by atoms with Crippen molar-refractivity contribution in [2.75, 3.05) is 10.2 Å². The normalized spacial score (nSPS) is 19.7. The minimum atomic E-state index is -0.533. The lowest BCUT2D eigenvalue weighted by Gasteiger charge is -2.35. The Morgan fingerprint density at radius 3 is 2.43 bits per heavy atom. The van der Waals surface area contributed by atoms with Gasteiger partial charge in [-0.1, -0.05) is 68.4 Å². The average Bonchev–Trinajstić information content (AvgIpc) is 2.99. The number of para-hydroxylation sites is 2. The number of halogens is 1. The third-order valence-electron chi connectivity index (χ3n) is 6.78. The van der Waals surface area contributed by atoms with E-state index in [1.54, 1.807) is 11.0 Å². The fourth-order valence-electron chi connectivity index (χ4n) is 5.26. The lowest BCUT2D eigenvalue weighted by molar-refractivity contribution is -0.119. The van der Waals surface area contributed by atoms with Crippen molar-refractivity contribution in [2.24, 2.45) is 5.92 Å².